The van der Waals surface area contributed by atoms with Gasteiger partial charge in [-0.2, -0.15) is 0 Å². The molecule has 21 heavy (non-hydrogen) atoms. The number of carbonyl (C=O) groups excluding carboxylic acids is 1. The van der Waals surface area contributed by atoms with Gasteiger partial charge in [-0.3, -0.25) is 4.79 Å². The SMILES string of the molecule is Cc1ccc(C(=O)Cc2cc(Br)cc3c2OCC3)cc1N. The number of ether oxygens (including phenoxy) is 1. The van der Waals surface area contributed by atoms with Crippen LogP contribution in [0.15, 0.2) is 34.8 Å². The summed E-state index contributed by atoms with van der Waals surface area (Å²) in [7, 11) is 0. The first-order chi connectivity index (χ1) is 10.0. The summed E-state index contributed by atoms with van der Waals surface area (Å²) < 4.78 is 6.65. The summed E-state index contributed by atoms with van der Waals surface area (Å²) >= 11 is 3.50. The molecule has 0 radical (unpaired) electrons. The summed E-state index contributed by atoms with van der Waals surface area (Å²) in [6, 6.07) is 9.47. The molecule has 0 aliphatic carbocycles. The second kappa shape index (κ2) is 5.53. The molecule has 2 N–H and O–H groups in total. The fraction of sp³-hybridized carbons (Fsp3) is 0.235. The van der Waals surface area contributed by atoms with E-state index >= 15 is 0 Å². The molecule has 108 valence electrons. The molecule has 0 atom stereocenters. The normalized spacial score (nSPS) is 12.9. The van der Waals surface area contributed by atoms with Crippen LogP contribution in [0.3, 0.4) is 0 Å². The lowest BCUT2D eigenvalue weighted by Crippen LogP contribution is -2.06. The monoisotopic (exact) mass is 345 g/mol. The largest absolute Gasteiger partial charge is 0.493 e. The Balaban J connectivity index is 1.90. The van der Waals surface area contributed by atoms with Crippen molar-refractivity contribution in [3.8, 4) is 5.75 Å². The van der Waals surface area contributed by atoms with Crippen molar-refractivity contribution in [2.45, 2.75) is 19.8 Å². The highest BCUT2D eigenvalue weighted by Crippen LogP contribution is 2.33. The maximum Gasteiger partial charge on any atom is 0.167 e. The van der Waals surface area contributed by atoms with Gasteiger partial charge in [0.05, 0.1) is 6.61 Å². The van der Waals surface area contributed by atoms with Crippen molar-refractivity contribution >= 4 is 27.4 Å². The van der Waals surface area contributed by atoms with E-state index in [0.717, 1.165) is 33.3 Å². The molecule has 0 spiro atoms. The number of nitrogen functional groups attached to an aromatic ring is 1. The molecule has 1 heterocycles. The van der Waals surface area contributed by atoms with Crippen molar-refractivity contribution < 1.29 is 9.53 Å². The van der Waals surface area contributed by atoms with E-state index in [2.05, 4.69) is 22.0 Å². The van der Waals surface area contributed by atoms with Gasteiger partial charge in [-0.25, -0.2) is 0 Å². The van der Waals surface area contributed by atoms with Gasteiger partial charge in [0.15, 0.2) is 5.78 Å². The number of carbonyl (C=O) groups is 1. The Kier molecular flexibility index (Phi) is 3.72. The van der Waals surface area contributed by atoms with Gasteiger partial charge in [0, 0.05) is 34.1 Å². The van der Waals surface area contributed by atoms with Crippen LogP contribution in [0.1, 0.15) is 27.0 Å². The van der Waals surface area contributed by atoms with Crippen LogP contribution >= 0.6 is 15.9 Å². The number of ketones is 1. The number of hydrogen-bond acceptors (Lipinski definition) is 3. The molecule has 0 amide bonds. The van der Waals surface area contributed by atoms with Gasteiger partial charge in [-0.05, 0) is 36.2 Å². The Morgan fingerprint density at radius 3 is 2.90 bits per heavy atom. The molecule has 2 aromatic rings. The summed E-state index contributed by atoms with van der Waals surface area (Å²) in [4.78, 5) is 12.5. The molecule has 0 aromatic heterocycles. The minimum absolute atomic E-state index is 0.0532. The van der Waals surface area contributed by atoms with Crippen molar-refractivity contribution in [1.29, 1.82) is 0 Å². The lowest BCUT2D eigenvalue weighted by molar-refractivity contribution is 0.0992. The fourth-order valence-electron chi connectivity index (χ4n) is 2.57. The minimum Gasteiger partial charge on any atom is -0.493 e. The average Bonchev–Trinajstić information content (AvgIpc) is 2.90. The van der Waals surface area contributed by atoms with Crippen molar-refractivity contribution in [2.75, 3.05) is 12.3 Å². The Hall–Kier alpha value is -1.81. The Morgan fingerprint density at radius 1 is 1.33 bits per heavy atom. The standard InChI is InChI=1S/C17H16BrNO2/c1-10-2-3-11(8-15(10)19)16(20)9-13-7-14(18)6-12-4-5-21-17(12)13/h2-3,6-8H,4-5,9,19H2,1H3. The van der Waals surface area contributed by atoms with Crippen LogP contribution in [-0.4, -0.2) is 12.4 Å². The van der Waals surface area contributed by atoms with Crippen molar-refractivity contribution in [2.24, 2.45) is 0 Å². The molecular formula is C17H16BrNO2. The quantitative estimate of drug-likeness (QED) is 0.681. The summed E-state index contributed by atoms with van der Waals surface area (Å²) in [5.74, 6) is 0.920. The van der Waals surface area contributed by atoms with E-state index in [1.165, 1.54) is 0 Å². The molecule has 1 aliphatic heterocycles. The fourth-order valence-corrected chi connectivity index (χ4v) is 3.12. The van der Waals surface area contributed by atoms with E-state index in [4.69, 9.17) is 10.5 Å². The summed E-state index contributed by atoms with van der Waals surface area (Å²) in [6.45, 7) is 2.61. The topological polar surface area (TPSA) is 52.3 Å². The van der Waals surface area contributed by atoms with Gasteiger partial charge in [0.25, 0.3) is 0 Å². The van der Waals surface area contributed by atoms with Crippen molar-refractivity contribution in [3.05, 3.63) is 57.1 Å². The molecule has 0 fully saturated rings. The van der Waals surface area contributed by atoms with Gasteiger partial charge in [0.1, 0.15) is 5.75 Å². The van der Waals surface area contributed by atoms with Crippen LogP contribution in [0.2, 0.25) is 0 Å². The smallest absolute Gasteiger partial charge is 0.167 e. The van der Waals surface area contributed by atoms with Gasteiger partial charge in [-0.15, -0.1) is 0 Å². The van der Waals surface area contributed by atoms with Crippen LogP contribution in [-0.2, 0) is 12.8 Å². The third kappa shape index (κ3) is 2.81. The zero-order valence-corrected chi connectivity index (χ0v) is 13.4. The molecule has 2 aromatic carbocycles. The zero-order chi connectivity index (χ0) is 15.0. The van der Waals surface area contributed by atoms with Crippen molar-refractivity contribution in [3.63, 3.8) is 0 Å². The van der Waals surface area contributed by atoms with E-state index < -0.39 is 0 Å². The number of nitrogens with two attached hydrogens (primary N) is 1. The molecule has 0 bridgehead atoms. The van der Waals surface area contributed by atoms with E-state index in [1.54, 1.807) is 6.07 Å². The lowest BCUT2D eigenvalue weighted by Gasteiger charge is -2.09. The second-order valence-corrected chi connectivity index (χ2v) is 6.24. The van der Waals surface area contributed by atoms with Crippen LogP contribution in [0, 0.1) is 6.92 Å². The highest BCUT2D eigenvalue weighted by Gasteiger charge is 2.20. The highest BCUT2D eigenvalue weighted by atomic mass is 79.9. The van der Waals surface area contributed by atoms with E-state index in [9.17, 15) is 4.79 Å². The number of Topliss-reactive ketones (excluding diaryl/α,β-unsaturated/α-hetero) is 1. The first-order valence-corrected chi connectivity index (χ1v) is 7.67. The zero-order valence-electron chi connectivity index (χ0n) is 11.8. The van der Waals surface area contributed by atoms with E-state index in [-0.39, 0.29) is 5.78 Å². The van der Waals surface area contributed by atoms with Gasteiger partial charge in [0.2, 0.25) is 0 Å². The highest BCUT2D eigenvalue weighted by molar-refractivity contribution is 9.10. The second-order valence-electron chi connectivity index (χ2n) is 5.32. The van der Waals surface area contributed by atoms with Crippen LogP contribution in [0.25, 0.3) is 0 Å². The first-order valence-electron chi connectivity index (χ1n) is 6.88. The van der Waals surface area contributed by atoms with E-state index in [1.807, 2.05) is 25.1 Å². The molecule has 0 unspecified atom stereocenters. The van der Waals surface area contributed by atoms with Crippen LogP contribution < -0.4 is 10.5 Å². The lowest BCUT2D eigenvalue weighted by atomic mass is 9.99. The van der Waals surface area contributed by atoms with Crippen LogP contribution in [0.5, 0.6) is 5.75 Å². The maximum atomic E-state index is 12.5. The van der Waals surface area contributed by atoms with E-state index in [0.29, 0.717) is 24.3 Å². The average molecular weight is 346 g/mol. The molecule has 4 heteroatoms. The molecule has 3 rings (SSSR count). The predicted octanol–water partition coefficient (Wildman–Crippen LogP) is 3.70. The van der Waals surface area contributed by atoms with Crippen LogP contribution in [0.4, 0.5) is 5.69 Å². The number of rotatable bonds is 3. The van der Waals surface area contributed by atoms with Crippen molar-refractivity contribution in [1.82, 2.24) is 0 Å². The number of anilines is 1. The summed E-state index contributed by atoms with van der Waals surface area (Å²) in [5.41, 5.74) is 10.3. The number of aryl methyl sites for hydroxylation is 1. The Bertz CT molecular complexity index is 725. The third-order valence-electron chi connectivity index (χ3n) is 3.78. The Labute approximate surface area is 132 Å². The number of halogens is 1. The molecule has 0 saturated heterocycles. The minimum atomic E-state index is 0.0532. The predicted molar refractivity (Wildman–Crippen MR) is 87.0 cm³/mol. The molecule has 0 saturated carbocycles. The molecular weight excluding hydrogens is 330 g/mol. The third-order valence-corrected chi connectivity index (χ3v) is 4.24. The number of fused-ring (bicyclic) bond motifs is 1. The summed E-state index contributed by atoms with van der Waals surface area (Å²) in [5, 5.41) is 0. The molecule has 3 nitrogen and oxygen atoms in total. The summed E-state index contributed by atoms with van der Waals surface area (Å²) in [6.07, 6.45) is 1.22. The molecule has 1 aliphatic rings. The van der Waals surface area contributed by atoms with Gasteiger partial charge in [-0.1, -0.05) is 28.1 Å². The maximum absolute atomic E-state index is 12.5. The number of hydrogen-bond donors (Lipinski definition) is 1. The first kappa shape index (κ1) is 14.1. The van der Waals surface area contributed by atoms with Gasteiger partial charge >= 0.3 is 0 Å². The van der Waals surface area contributed by atoms with Gasteiger partial charge < -0.3 is 10.5 Å². The Morgan fingerprint density at radius 2 is 2.14 bits per heavy atom. The number of benzene rings is 2.